The lowest BCUT2D eigenvalue weighted by atomic mass is 10.3. The van der Waals surface area contributed by atoms with Gasteiger partial charge in [0.15, 0.2) is 0 Å². The van der Waals surface area contributed by atoms with Crippen molar-refractivity contribution in [2.24, 2.45) is 0 Å². The first kappa shape index (κ1) is 17.2. The van der Waals surface area contributed by atoms with E-state index in [9.17, 15) is 18.4 Å². The summed E-state index contributed by atoms with van der Waals surface area (Å²) < 4.78 is 30.7. The third kappa shape index (κ3) is 5.20. The van der Waals surface area contributed by atoms with Gasteiger partial charge in [0.05, 0.1) is 26.3 Å². The minimum Gasteiger partial charge on any atom is -0.395 e. The Morgan fingerprint density at radius 3 is 2.81 bits per heavy atom. The molecule has 0 aliphatic rings. The average molecular weight is 305 g/mol. The minimum absolute atomic E-state index is 0.139. The molecule has 1 rings (SSSR count). The smallest absolute Gasteiger partial charge is 0.274 e. The molecule has 1 aromatic rings. The van der Waals surface area contributed by atoms with Crippen LogP contribution in [0.25, 0.3) is 0 Å². The zero-order valence-corrected chi connectivity index (χ0v) is 11.5. The van der Waals surface area contributed by atoms with Gasteiger partial charge in [-0.3, -0.25) is 9.59 Å². The standard InChI is InChI=1S/C12H17F2N3O4/c1-21-7-5-17-11(19)3-2-9(15-17)12(20)16(4-6-18)8-10(13)14/h2-3,10,18H,4-8H2,1H3. The minimum atomic E-state index is -2.72. The molecule has 0 aliphatic heterocycles. The molecular formula is C12H17F2N3O4. The number of aromatic nitrogens is 2. The second-order valence-corrected chi connectivity index (χ2v) is 4.14. The summed E-state index contributed by atoms with van der Waals surface area (Å²) in [5.74, 6) is -0.768. The highest BCUT2D eigenvalue weighted by Gasteiger charge is 2.21. The summed E-state index contributed by atoms with van der Waals surface area (Å²) in [4.78, 5) is 24.4. The third-order valence-corrected chi connectivity index (χ3v) is 2.61. The normalized spacial score (nSPS) is 10.9. The lowest BCUT2D eigenvalue weighted by molar-refractivity contribution is 0.0501. The van der Waals surface area contributed by atoms with Gasteiger partial charge in [0.1, 0.15) is 5.69 Å². The zero-order valence-electron chi connectivity index (χ0n) is 11.5. The third-order valence-electron chi connectivity index (χ3n) is 2.61. The van der Waals surface area contributed by atoms with Crippen LogP contribution in [0.3, 0.4) is 0 Å². The first-order valence-corrected chi connectivity index (χ1v) is 6.25. The predicted octanol–water partition coefficient (Wildman–Crippen LogP) is -0.411. The van der Waals surface area contributed by atoms with Gasteiger partial charge in [0, 0.05) is 19.7 Å². The Kier molecular flexibility index (Phi) is 6.89. The molecule has 0 saturated heterocycles. The van der Waals surface area contributed by atoms with Gasteiger partial charge in [-0.05, 0) is 6.07 Å². The Morgan fingerprint density at radius 2 is 2.24 bits per heavy atom. The predicted molar refractivity (Wildman–Crippen MR) is 69.4 cm³/mol. The molecule has 21 heavy (non-hydrogen) atoms. The SMILES string of the molecule is COCCn1nc(C(=O)N(CCO)CC(F)F)ccc1=O. The number of carbonyl (C=O) groups excluding carboxylic acids is 1. The van der Waals surface area contributed by atoms with Crippen molar-refractivity contribution in [1.29, 1.82) is 0 Å². The van der Waals surface area contributed by atoms with Gasteiger partial charge in [-0.1, -0.05) is 0 Å². The maximum absolute atomic E-state index is 12.4. The van der Waals surface area contributed by atoms with Gasteiger partial charge in [0.25, 0.3) is 17.9 Å². The quantitative estimate of drug-likeness (QED) is 0.706. The number of hydrogen-bond acceptors (Lipinski definition) is 5. The van der Waals surface area contributed by atoms with E-state index in [4.69, 9.17) is 9.84 Å². The van der Waals surface area contributed by atoms with E-state index >= 15 is 0 Å². The van der Waals surface area contributed by atoms with Crippen LogP contribution in [0.1, 0.15) is 10.5 Å². The number of alkyl halides is 2. The Hall–Kier alpha value is -1.87. The Morgan fingerprint density at radius 1 is 1.52 bits per heavy atom. The summed E-state index contributed by atoms with van der Waals surface area (Å²) >= 11 is 0. The average Bonchev–Trinajstić information content (AvgIpc) is 2.45. The Bertz CT molecular complexity index is 521. The van der Waals surface area contributed by atoms with Gasteiger partial charge < -0.3 is 14.7 Å². The van der Waals surface area contributed by atoms with Gasteiger partial charge in [-0.15, -0.1) is 0 Å². The monoisotopic (exact) mass is 305 g/mol. The van der Waals surface area contributed by atoms with E-state index in [0.29, 0.717) is 0 Å². The van der Waals surface area contributed by atoms with Crippen molar-refractivity contribution in [1.82, 2.24) is 14.7 Å². The number of rotatable bonds is 8. The maximum atomic E-state index is 12.4. The molecule has 1 heterocycles. The van der Waals surface area contributed by atoms with Crippen molar-refractivity contribution in [3.05, 3.63) is 28.2 Å². The lowest BCUT2D eigenvalue weighted by Gasteiger charge is -2.20. The van der Waals surface area contributed by atoms with Crippen LogP contribution in [0.2, 0.25) is 0 Å². The molecule has 0 fully saturated rings. The molecule has 118 valence electrons. The van der Waals surface area contributed by atoms with Gasteiger partial charge in [0.2, 0.25) is 0 Å². The molecule has 0 aliphatic carbocycles. The van der Waals surface area contributed by atoms with Gasteiger partial charge in [-0.2, -0.15) is 5.10 Å². The molecule has 9 heteroatoms. The van der Waals surface area contributed by atoms with Crippen LogP contribution in [0, 0.1) is 0 Å². The van der Waals surface area contributed by atoms with E-state index in [-0.39, 0.29) is 25.4 Å². The van der Waals surface area contributed by atoms with Crippen LogP contribution >= 0.6 is 0 Å². The number of methoxy groups -OCH3 is 1. The van der Waals surface area contributed by atoms with Crippen LogP contribution in [0.15, 0.2) is 16.9 Å². The molecule has 1 amide bonds. The van der Waals surface area contributed by atoms with Crippen LogP contribution < -0.4 is 5.56 Å². The number of amides is 1. The zero-order chi connectivity index (χ0) is 15.8. The van der Waals surface area contributed by atoms with Crippen LogP contribution in [0.5, 0.6) is 0 Å². The second-order valence-electron chi connectivity index (χ2n) is 4.14. The van der Waals surface area contributed by atoms with Crippen LogP contribution in [0.4, 0.5) is 8.78 Å². The summed E-state index contributed by atoms with van der Waals surface area (Å²) in [5, 5.41) is 12.7. The molecule has 0 unspecified atom stereocenters. The fraction of sp³-hybridized carbons (Fsp3) is 0.583. The topological polar surface area (TPSA) is 84.7 Å². The maximum Gasteiger partial charge on any atom is 0.274 e. The fourth-order valence-electron chi connectivity index (χ4n) is 1.63. The number of ether oxygens (including phenoxy) is 1. The summed E-state index contributed by atoms with van der Waals surface area (Å²) in [6.07, 6.45) is -2.72. The van der Waals surface area contributed by atoms with Crippen LogP contribution in [-0.2, 0) is 11.3 Å². The van der Waals surface area contributed by atoms with Crippen molar-refractivity contribution in [3.8, 4) is 0 Å². The summed E-state index contributed by atoms with van der Waals surface area (Å²) in [6, 6.07) is 2.30. The number of halogens is 2. The summed E-state index contributed by atoms with van der Waals surface area (Å²) in [7, 11) is 1.45. The van der Waals surface area contributed by atoms with Crippen molar-refractivity contribution in [2.45, 2.75) is 13.0 Å². The summed E-state index contributed by atoms with van der Waals surface area (Å²) in [5.41, 5.74) is -0.564. The second kappa shape index (κ2) is 8.42. The number of carbonyl (C=O) groups is 1. The van der Waals surface area contributed by atoms with E-state index in [2.05, 4.69) is 5.10 Å². The molecule has 0 atom stereocenters. The number of nitrogens with zero attached hydrogens (tertiary/aromatic N) is 3. The highest BCUT2D eigenvalue weighted by atomic mass is 19.3. The Balaban J connectivity index is 2.96. The van der Waals surface area contributed by atoms with E-state index in [0.717, 1.165) is 15.6 Å². The number of aliphatic hydroxyl groups excluding tert-OH is 1. The van der Waals surface area contributed by atoms with Crippen LogP contribution in [-0.4, -0.2) is 65.5 Å². The largest absolute Gasteiger partial charge is 0.395 e. The molecule has 0 radical (unpaired) electrons. The first-order chi connectivity index (χ1) is 9.99. The number of aliphatic hydroxyl groups is 1. The molecule has 0 spiro atoms. The van der Waals surface area contributed by atoms with E-state index in [1.165, 1.54) is 13.2 Å². The first-order valence-electron chi connectivity index (χ1n) is 6.25. The lowest BCUT2D eigenvalue weighted by Crippen LogP contribution is -2.39. The summed E-state index contributed by atoms with van der Waals surface area (Å²) in [6.45, 7) is -1.12. The highest BCUT2D eigenvalue weighted by Crippen LogP contribution is 2.04. The number of hydrogen-bond donors (Lipinski definition) is 1. The molecule has 0 saturated carbocycles. The Labute approximate surface area is 119 Å². The van der Waals surface area contributed by atoms with Crippen molar-refractivity contribution >= 4 is 5.91 Å². The van der Waals surface area contributed by atoms with E-state index in [1.54, 1.807) is 0 Å². The molecule has 0 bridgehead atoms. The van der Waals surface area contributed by atoms with Gasteiger partial charge >= 0.3 is 0 Å². The van der Waals surface area contributed by atoms with Crippen molar-refractivity contribution in [3.63, 3.8) is 0 Å². The molecule has 0 aromatic carbocycles. The molecule has 1 aromatic heterocycles. The highest BCUT2D eigenvalue weighted by molar-refractivity contribution is 5.92. The molecular weight excluding hydrogens is 288 g/mol. The van der Waals surface area contributed by atoms with Crippen molar-refractivity contribution < 1.29 is 23.4 Å². The van der Waals surface area contributed by atoms with E-state index in [1.807, 2.05) is 0 Å². The molecule has 1 N–H and O–H groups in total. The molecule has 7 nitrogen and oxygen atoms in total. The van der Waals surface area contributed by atoms with Crippen molar-refractivity contribution in [2.75, 3.05) is 33.4 Å². The van der Waals surface area contributed by atoms with E-state index < -0.39 is 31.0 Å². The van der Waals surface area contributed by atoms with Gasteiger partial charge in [-0.25, -0.2) is 13.5 Å². The fourth-order valence-corrected chi connectivity index (χ4v) is 1.63.